The van der Waals surface area contributed by atoms with Gasteiger partial charge >= 0.3 is 0 Å². The van der Waals surface area contributed by atoms with Crippen LogP contribution in [-0.4, -0.2) is 63.3 Å². The van der Waals surface area contributed by atoms with E-state index in [2.05, 4.69) is 13.8 Å². The summed E-state index contributed by atoms with van der Waals surface area (Å²) < 4.78 is 5.70. The fraction of sp³-hybridized carbons (Fsp3) is 0.955. The molecule has 0 aromatic heterocycles. The van der Waals surface area contributed by atoms with E-state index >= 15 is 0 Å². The average molecular weight is 403 g/mol. The zero-order valence-corrected chi connectivity index (χ0v) is 16.8. The molecule has 6 nitrogen and oxygen atoms in total. The van der Waals surface area contributed by atoms with E-state index in [1.807, 2.05) is 0 Å². The van der Waals surface area contributed by atoms with Crippen LogP contribution in [0.3, 0.4) is 0 Å². The molecule has 0 bridgehead atoms. The van der Waals surface area contributed by atoms with Crippen LogP contribution in [0.15, 0.2) is 0 Å². The maximum absolute atomic E-state index is 12.9. The topological polar surface area (TPSA) is 107 Å². The lowest BCUT2D eigenvalue weighted by molar-refractivity contribution is -0.242. The SMILES string of the molecule is C.CCCCC[C@@H]1CC(=O)[C@H](C2OC(CO)C(O)C(O)C2O)C[C@@H]1CCCC. The summed E-state index contributed by atoms with van der Waals surface area (Å²) in [7, 11) is 0. The van der Waals surface area contributed by atoms with Gasteiger partial charge in [-0.05, 0) is 24.7 Å². The third-order valence-electron chi connectivity index (χ3n) is 6.53. The van der Waals surface area contributed by atoms with Gasteiger partial charge in [0, 0.05) is 12.3 Å². The number of Topliss-reactive ketones (excluding diaryl/α,β-unsaturated/α-hetero) is 1. The van der Waals surface area contributed by atoms with Crippen molar-refractivity contribution in [1.29, 1.82) is 0 Å². The van der Waals surface area contributed by atoms with E-state index in [-0.39, 0.29) is 13.2 Å². The molecule has 2 aliphatic rings. The number of aliphatic hydroxyl groups is 4. The highest BCUT2D eigenvalue weighted by molar-refractivity contribution is 5.82. The highest BCUT2D eigenvalue weighted by Crippen LogP contribution is 2.41. The number of unbranched alkanes of at least 4 members (excludes halogenated alkanes) is 3. The van der Waals surface area contributed by atoms with Crippen LogP contribution in [0, 0.1) is 17.8 Å². The molecule has 0 aromatic carbocycles. The lowest BCUT2D eigenvalue weighted by Gasteiger charge is -2.46. The minimum absolute atomic E-state index is 0. The molecule has 0 amide bonds. The van der Waals surface area contributed by atoms with E-state index in [0.29, 0.717) is 24.7 Å². The Balaban J connectivity index is 0.00000392. The van der Waals surface area contributed by atoms with Crippen molar-refractivity contribution >= 4 is 5.78 Å². The fourth-order valence-electron chi connectivity index (χ4n) is 4.82. The Labute approximate surface area is 170 Å². The number of aliphatic hydroxyl groups excluding tert-OH is 4. The molecule has 1 aliphatic heterocycles. The number of hydrogen-bond acceptors (Lipinski definition) is 6. The van der Waals surface area contributed by atoms with Crippen molar-refractivity contribution in [2.75, 3.05) is 6.61 Å². The first-order valence-corrected chi connectivity index (χ1v) is 10.8. The van der Waals surface area contributed by atoms with E-state index in [9.17, 15) is 25.2 Å². The van der Waals surface area contributed by atoms with Crippen molar-refractivity contribution in [3.8, 4) is 0 Å². The molecule has 6 heteroatoms. The predicted octanol–water partition coefficient (Wildman–Crippen LogP) is 2.45. The van der Waals surface area contributed by atoms with Crippen LogP contribution in [0.4, 0.5) is 0 Å². The van der Waals surface area contributed by atoms with Gasteiger partial charge in [0.25, 0.3) is 0 Å². The Morgan fingerprint density at radius 3 is 2.18 bits per heavy atom. The summed E-state index contributed by atoms with van der Waals surface area (Å²) in [6.45, 7) is 3.88. The van der Waals surface area contributed by atoms with Gasteiger partial charge in [-0.2, -0.15) is 0 Å². The first-order valence-electron chi connectivity index (χ1n) is 10.8. The number of rotatable bonds is 9. The molecule has 4 N–H and O–H groups in total. The Hall–Kier alpha value is -0.530. The van der Waals surface area contributed by atoms with Gasteiger partial charge in [-0.3, -0.25) is 4.79 Å². The maximum Gasteiger partial charge on any atom is 0.138 e. The first-order chi connectivity index (χ1) is 12.9. The lowest BCUT2D eigenvalue weighted by atomic mass is 9.67. The van der Waals surface area contributed by atoms with Crippen LogP contribution in [0.2, 0.25) is 0 Å². The standard InChI is InChI=1S/C21H38O6.CH4/c1-3-5-7-9-14-11-16(23)15(10-13(14)8-6-4-2)21-20(26)19(25)18(24)17(12-22)27-21;/h13-15,17-22,24-26H,3-12H2,1-2H3;1H4/t13-,14+,15+,17?,18?,19?,20?,21?;/m0./s1. The molecule has 0 radical (unpaired) electrons. The molecule has 2 rings (SSSR count). The van der Waals surface area contributed by atoms with Crippen molar-refractivity contribution < 1.29 is 30.0 Å². The largest absolute Gasteiger partial charge is 0.394 e. The van der Waals surface area contributed by atoms with Crippen LogP contribution in [0.5, 0.6) is 0 Å². The number of carbonyl (C=O) groups is 1. The molecule has 5 unspecified atom stereocenters. The Morgan fingerprint density at radius 1 is 0.929 bits per heavy atom. The lowest BCUT2D eigenvalue weighted by Crippen LogP contribution is -2.61. The summed E-state index contributed by atoms with van der Waals surface area (Å²) in [6, 6.07) is 0. The molecule has 8 atom stereocenters. The van der Waals surface area contributed by atoms with E-state index in [1.54, 1.807) is 0 Å². The van der Waals surface area contributed by atoms with Crippen LogP contribution >= 0.6 is 0 Å². The summed E-state index contributed by atoms with van der Waals surface area (Å²) in [6.07, 6.45) is 3.06. The minimum atomic E-state index is -1.41. The molecule has 1 heterocycles. The van der Waals surface area contributed by atoms with E-state index in [1.165, 1.54) is 6.42 Å². The Kier molecular flexibility index (Phi) is 11.1. The van der Waals surface area contributed by atoms with E-state index in [4.69, 9.17) is 4.74 Å². The second-order valence-electron chi connectivity index (χ2n) is 8.46. The summed E-state index contributed by atoms with van der Waals surface area (Å²) in [5, 5.41) is 39.9. The molecule has 1 aliphatic carbocycles. The summed E-state index contributed by atoms with van der Waals surface area (Å²) in [5.74, 6) is 0.391. The van der Waals surface area contributed by atoms with Gasteiger partial charge in [0.05, 0.1) is 12.7 Å². The molecule has 1 saturated carbocycles. The summed E-state index contributed by atoms with van der Waals surface area (Å²) in [4.78, 5) is 12.9. The summed E-state index contributed by atoms with van der Waals surface area (Å²) in [5.41, 5.74) is 0. The molecule has 28 heavy (non-hydrogen) atoms. The number of ketones is 1. The smallest absolute Gasteiger partial charge is 0.138 e. The van der Waals surface area contributed by atoms with Gasteiger partial charge in [-0.25, -0.2) is 0 Å². The third-order valence-corrected chi connectivity index (χ3v) is 6.53. The molecule has 166 valence electrons. The van der Waals surface area contributed by atoms with Crippen molar-refractivity contribution in [3.05, 3.63) is 0 Å². The molecule has 2 fully saturated rings. The highest BCUT2D eigenvalue weighted by Gasteiger charge is 2.50. The zero-order chi connectivity index (χ0) is 20.0. The first kappa shape index (κ1) is 25.5. The van der Waals surface area contributed by atoms with Crippen molar-refractivity contribution in [3.63, 3.8) is 0 Å². The normalized spacial score (nSPS) is 38.9. The third kappa shape index (κ3) is 5.99. The van der Waals surface area contributed by atoms with Gasteiger partial charge in [-0.1, -0.05) is 59.8 Å². The summed E-state index contributed by atoms with van der Waals surface area (Å²) >= 11 is 0. The number of ether oxygens (including phenoxy) is 1. The minimum Gasteiger partial charge on any atom is -0.394 e. The molecule has 1 saturated heterocycles. The molecular formula is C22H42O6. The van der Waals surface area contributed by atoms with Crippen LogP contribution in [0.25, 0.3) is 0 Å². The van der Waals surface area contributed by atoms with Crippen molar-refractivity contribution in [2.24, 2.45) is 17.8 Å². The van der Waals surface area contributed by atoms with Crippen molar-refractivity contribution in [2.45, 2.75) is 110 Å². The predicted molar refractivity (Wildman–Crippen MR) is 109 cm³/mol. The number of hydrogen-bond donors (Lipinski definition) is 4. The Morgan fingerprint density at radius 2 is 1.57 bits per heavy atom. The van der Waals surface area contributed by atoms with Gasteiger partial charge in [-0.15, -0.1) is 0 Å². The Bertz CT molecular complexity index is 454. The van der Waals surface area contributed by atoms with Crippen LogP contribution in [-0.2, 0) is 9.53 Å². The quantitative estimate of drug-likeness (QED) is 0.441. The highest BCUT2D eigenvalue weighted by atomic mass is 16.5. The van der Waals surface area contributed by atoms with E-state index < -0.39 is 43.0 Å². The maximum atomic E-state index is 12.9. The number of carbonyl (C=O) groups excluding carboxylic acids is 1. The average Bonchev–Trinajstić information content (AvgIpc) is 2.66. The van der Waals surface area contributed by atoms with E-state index in [0.717, 1.165) is 38.5 Å². The zero-order valence-electron chi connectivity index (χ0n) is 16.8. The fourth-order valence-corrected chi connectivity index (χ4v) is 4.82. The van der Waals surface area contributed by atoms with Crippen LogP contribution in [0.1, 0.15) is 79.1 Å². The van der Waals surface area contributed by atoms with Crippen molar-refractivity contribution in [1.82, 2.24) is 0 Å². The second kappa shape index (κ2) is 12.2. The van der Waals surface area contributed by atoms with Gasteiger partial charge in [0.2, 0.25) is 0 Å². The monoisotopic (exact) mass is 402 g/mol. The van der Waals surface area contributed by atoms with Gasteiger partial charge < -0.3 is 25.2 Å². The molecule has 0 spiro atoms. The second-order valence-corrected chi connectivity index (χ2v) is 8.46. The van der Waals surface area contributed by atoms with Gasteiger partial charge in [0.15, 0.2) is 0 Å². The molecular weight excluding hydrogens is 360 g/mol. The van der Waals surface area contributed by atoms with Crippen LogP contribution < -0.4 is 0 Å². The van der Waals surface area contributed by atoms with Gasteiger partial charge in [0.1, 0.15) is 30.2 Å². The molecule has 0 aromatic rings.